The fraction of sp³-hybridized carbons (Fsp3) is 0.423. The lowest BCUT2D eigenvalue weighted by Gasteiger charge is -2.49. The number of nitrogens with zero attached hydrogens (tertiary/aromatic N) is 4. The van der Waals surface area contributed by atoms with Crippen LogP contribution in [-0.2, 0) is 17.1 Å². The van der Waals surface area contributed by atoms with E-state index in [2.05, 4.69) is 44.9 Å². The molecule has 0 amide bonds. The highest BCUT2D eigenvalue weighted by Crippen LogP contribution is 2.42. The van der Waals surface area contributed by atoms with Gasteiger partial charge in [0.25, 0.3) is 0 Å². The van der Waals surface area contributed by atoms with E-state index < -0.39 is 10.0 Å². The summed E-state index contributed by atoms with van der Waals surface area (Å²) in [6.45, 7) is 2.42. The largest absolute Gasteiger partial charge is 0.378 e. The molecule has 6 rings (SSSR count). The molecule has 2 bridgehead atoms. The van der Waals surface area contributed by atoms with Crippen molar-refractivity contribution in [3.05, 3.63) is 66.4 Å². The molecule has 3 aliphatic rings. The Morgan fingerprint density at radius 3 is 2.47 bits per heavy atom. The summed E-state index contributed by atoms with van der Waals surface area (Å²) < 4.78 is 30.2. The number of aryl methyl sites for hydroxylation is 1. The topological polar surface area (TPSA) is 70.5 Å². The van der Waals surface area contributed by atoms with Crippen molar-refractivity contribution in [1.82, 2.24) is 19.4 Å². The Morgan fingerprint density at radius 2 is 1.82 bits per heavy atom. The van der Waals surface area contributed by atoms with Gasteiger partial charge in [-0.15, -0.1) is 0 Å². The molecular formula is C26H33N5O2S. The van der Waals surface area contributed by atoms with Crippen molar-refractivity contribution in [3.8, 4) is 11.3 Å². The SMILES string of the molecule is CN(C)c1ccc(-c2cc([C@H]3CN4CC[C@H]3C[C@@H]4CNS(=O)(=O)c3ccccc3)n(C)n2)cc1. The second-order valence-electron chi connectivity index (χ2n) is 9.72. The fourth-order valence-corrected chi connectivity index (χ4v) is 6.57. The van der Waals surface area contributed by atoms with Gasteiger partial charge >= 0.3 is 0 Å². The van der Waals surface area contributed by atoms with E-state index in [4.69, 9.17) is 5.10 Å². The van der Waals surface area contributed by atoms with Crippen molar-refractivity contribution < 1.29 is 8.42 Å². The molecule has 3 saturated heterocycles. The molecule has 0 radical (unpaired) electrons. The number of hydrogen-bond acceptors (Lipinski definition) is 5. The van der Waals surface area contributed by atoms with E-state index in [-0.39, 0.29) is 6.04 Å². The zero-order valence-electron chi connectivity index (χ0n) is 20.1. The van der Waals surface area contributed by atoms with Gasteiger partial charge in [-0.1, -0.05) is 30.3 Å². The highest BCUT2D eigenvalue weighted by molar-refractivity contribution is 7.89. The van der Waals surface area contributed by atoms with Crippen LogP contribution in [0.2, 0.25) is 0 Å². The highest BCUT2D eigenvalue weighted by Gasteiger charge is 2.42. The summed E-state index contributed by atoms with van der Waals surface area (Å²) in [5, 5.41) is 4.83. The van der Waals surface area contributed by atoms with Crippen LogP contribution >= 0.6 is 0 Å². The minimum absolute atomic E-state index is 0.236. The Labute approximate surface area is 202 Å². The maximum Gasteiger partial charge on any atom is 0.240 e. The normalized spacial score (nSPS) is 24.3. The number of nitrogens with one attached hydrogen (secondary N) is 1. The second-order valence-corrected chi connectivity index (χ2v) is 11.5. The second kappa shape index (κ2) is 9.17. The number of hydrogen-bond donors (Lipinski definition) is 1. The number of fused-ring (bicyclic) bond motifs is 3. The van der Waals surface area contributed by atoms with E-state index in [9.17, 15) is 8.42 Å². The van der Waals surface area contributed by atoms with Crippen LogP contribution in [0, 0.1) is 5.92 Å². The van der Waals surface area contributed by atoms with Gasteiger partial charge in [-0.05, 0) is 55.6 Å². The highest BCUT2D eigenvalue weighted by atomic mass is 32.2. The van der Waals surface area contributed by atoms with Crippen LogP contribution in [0.15, 0.2) is 65.6 Å². The molecule has 180 valence electrons. The molecule has 2 aromatic carbocycles. The Kier molecular flexibility index (Phi) is 6.22. The zero-order valence-corrected chi connectivity index (χ0v) is 20.9. The Balaban J connectivity index is 1.27. The summed E-state index contributed by atoms with van der Waals surface area (Å²) >= 11 is 0. The number of piperidine rings is 3. The van der Waals surface area contributed by atoms with Crippen molar-refractivity contribution in [2.45, 2.75) is 29.7 Å². The first-order valence-corrected chi connectivity index (χ1v) is 13.4. The predicted octanol–water partition coefficient (Wildman–Crippen LogP) is 3.31. The molecule has 8 heteroatoms. The molecule has 34 heavy (non-hydrogen) atoms. The standard InChI is InChI=1S/C26H33N5O2S/c1-29(2)21-11-9-19(10-12-21)25-16-26(30(3)28-25)24-18-31-14-13-20(24)15-22(31)17-27-34(32,33)23-7-5-4-6-8-23/h4-12,16,20,22,24,27H,13-15,17-18H2,1-3H3/t20-,22+,24-/m0/s1. The average Bonchev–Trinajstić information content (AvgIpc) is 3.25. The van der Waals surface area contributed by atoms with E-state index in [1.54, 1.807) is 24.3 Å². The molecule has 1 aromatic heterocycles. The van der Waals surface area contributed by atoms with Crippen molar-refractivity contribution >= 4 is 15.7 Å². The first kappa shape index (κ1) is 23.1. The predicted molar refractivity (Wildman–Crippen MR) is 135 cm³/mol. The third-order valence-electron chi connectivity index (χ3n) is 7.42. The Hall–Kier alpha value is -2.68. The molecule has 4 heterocycles. The summed E-state index contributed by atoms with van der Waals surface area (Å²) in [5.74, 6) is 0.957. The lowest BCUT2D eigenvalue weighted by molar-refractivity contribution is 0.0306. The molecule has 3 fully saturated rings. The van der Waals surface area contributed by atoms with Crippen molar-refractivity contribution in [3.63, 3.8) is 0 Å². The summed E-state index contributed by atoms with van der Waals surface area (Å²) in [6, 6.07) is 19.6. The molecule has 1 unspecified atom stereocenters. The smallest absolute Gasteiger partial charge is 0.240 e. The lowest BCUT2D eigenvalue weighted by atomic mass is 9.74. The molecular weight excluding hydrogens is 446 g/mol. The molecule has 3 aromatic rings. The van der Waals surface area contributed by atoms with Gasteiger partial charge in [-0.2, -0.15) is 5.10 Å². The first-order chi connectivity index (χ1) is 16.3. The monoisotopic (exact) mass is 479 g/mol. The maximum atomic E-state index is 12.7. The minimum Gasteiger partial charge on any atom is -0.378 e. The quantitative estimate of drug-likeness (QED) is 0.563. The zero-order chi connectivity index (χ0) is 23.9. The van der Waals surface area contributed by atoms with E-state index in [0.717, 1.165) is 37.2 Å². The molecule has 0 aliphatic carbocycles. The van der Waals surface area contributed by atoms with Crippen LogP contribution in [0.1, 0.15) is 24.5 Å². The van der Waals surface area contributed by atoms with Crippen molar-refractivity contribution in [1.29, 1.82) is 0 Å². The lowest BCUT2D eigenvalue weighted by Crippen LogP contribution is -2.56. The third kappa shape index (κ3) is 4.50. The Bertz CT molecular complexity index is 1240. The van der Waals surface area contributed by atoms with E-state index in [1.807, 2.05) is 31.9 Å². The summed E-state index contributed by atoms with van der Waals surface area (Å²) in [6.07, 6.45) is 2.14. The van der Waals surface area contributed by atoms with E-state index in [1.165, 1.54) is 11.4 Å². The summed E-state index contributed by atoms with van der Waals surface area (Å²) in [4.78, 5) is 4.87. The van der Waals surface area contributed by atoms with Crippen LogP contribution in [0.25, 0.3) is 11.3 Å². The van der Waals surface area contributed by atoms with Crippen LogP contribution in [0.4, 0.5) is 5.69 Å². The van der Waals surface area contributed by atoms with Gasteiger partial charge in [0.1, 0.15) is 0 Å². The van der Waals surface area contributed by atoms with Crippen LogP contribution in [-0.4, -0.2) is 62.9 Å². The number of anilines is 1. The molecule has 4 atom stereocenters. The van der Waals surface area contributed by atoms with Gasteiger partial charge < -0.3 is 4.90 Å². The fourth-order valence-electron chi connectivity index (χ4n) is 5.47. The molecule has 0 saturated carbocycles. The van der Waals surface area contributed by atoms with Gasteiger partial charge in [-0.25, -0.2) is 13.1 Å². The van der Waals surface area contributed by atoms with E-state index >= 15 is 0 Å². The number of sulfonamides is 1. The first-order valence-electron chi connectivity index (χ1n) is 11.9. The summed E-state index contributed by atoms with van der Waals surface area (Å²) in [7, 11) is 2.64. The van der Waals surface area contributed by atoms with Crippen molar-refractivity contribution in [2.75, 3.05) is 38.6 Å². The van der Waals surface area contributed by atoms with E-state index in [0.29, 0.717) is 23.3 Å². The van der Waals surface area contributed by atoms with Gasteiger partial charge in [0, 0.05) is 63.1 Å². The van der Waals surface area contributed by atoms with Gasteiger partial charge in [-0.3, -0.25) is 9.58 Å². The molecule has 1 N–H and O–H groups in total. The molecule has 0 spiro atoms. The molecule has 7 nitrogen and oxygen atoms in total. The molecule has 3 aliphatic heterocycles. The van der Waals surface area contributed by atoms with Crippen LogP contribution < -0.4 is 9.62 Å². The average molecular weight is 480 g/mol. The number of rotatable bonds is 7. The number of aromatic nitrogens is 2. The van der Waals surface area contributed by atoms with Crippen LogP contribution in [0.3, 0.4) is 0 Å². The minimum atomic E-state index is -3.48. The van der Waals surface area contributed by atoms with Gasteiger partial charge in [0.2, 0.25) is 10.0 Å². The summed E-state index contributed by atoms with van der Waals surface area (Å²) in [5.41, 5.74) is 4.57. The van der Waals surface area contributed by atoms with Gasteiger partial charge in [0.15, 0.2) is 0 Å². The third-order valence-corrected chi connectivity index (χ3v) is 8.86. The number of benzene rings is 2. The van der Waals surface area contributed by atoms with Gasteiger partial charge in [0.05, 0.1) is 10.6 Å². The Morgan fingerprint density at radius 1 is 1.09 bits per heavy atom. The maximum absolute atomic E-state index is 12.7. The van der Waals surface area contributed by atoms with Crippen molar-refractivity contribution in [2.24, 2.45) is 13.0 Å². The van der Waals surface area contributed by atoms with Crippen LogP contribution in [0.5, 0.6) is 0 Å².